The van der Waals surface area contributed by atoms with Gasteiger partial charge in [-0.3, -0.25) is 9.30 Å². The molecular formula is C19H20F3N5O4S. The molecule has 4 heterocycles. The smallest absolute Gasteiger partial charge is 0.475 e. The van der Waals surface area contributed by atoms with Crippen LogP contribution in [0.5, 0.6) is 0 Å². The number of anilines is 1. The minimum absolute atomic E-state index is 0.372. The summed E-state index contributed by atoms with van der Waals surface area (Å²) in [6.45, 7) is 3.90. The number of rotatable bonds is 5. The molecule has 32 heavy (non-hydrogen) atoms. The second-order valence-electron chi connectivity index (χ2n) is 6.74. The van der Waals surface area contributed by atoms with Crippen LogP contribution in [0.25, 0.3) is 5.78 Å². The van der Waals surface area contributed by atoms with Crippen LogP contribution in [-0.2, 0) is 22.5 Å². The van der Waals surface area contributed by atoms with Crippen molar-refractivity contribution in [2.75, 3.05) is 32.1 Å². The van der Waals surface area contributed by atoms with Gasteiger partial charge in [0.1, 0.15) is 5.82 Å². The summed E-state index contributed by atoms with van der Waals surface area (Å²) in [6.07, 6.45) is -0.686. The van der Waals surface area contributed by atoms with Crippen molar-refractivity contribution in [3.63, 3.8) is 0 Å². The number of esters is 1. The fourth-order valence-electron chi connectivity index (χ4n) is 3.06. The van der Waals surface area contributed by atoms with Gasteiger partial charge in [0.2, 0.25) is 5.78 Å². The number of ether oxygens (including phenoxy) is 1. The summed E-state index contributed by atoms with van der Waals surface area (Å²) in [5.74, 6) is -1.95. The third-order valence-electron chi connectivity index (χ3n) is 4.64. The lowest BCUT2D eigenvalue weighted by molar-refractivity contribution is -0.192. The first kappa shape index (κ1) is 23.5. The number of imidazole rings is 1. The summed E-state index contributed by atoms with van der Waals surface area (Å²) in [4.78, 5) is 33.1. The molecule has 0 aromatic carbocycles. The van der Waals surface area contributed by atoms with Crippen molar-refractivity contribution in [2.45, 2.75) is 19.1 Å². The first-order chi connectivity index (χ1) is 15.2. The Morgan fingerprint density at radius 3 is 2.78 bits per heavy atom. The van der Waals surface area contributed by atoms with Crippen LogP contribution in [0.2, 0.25) is 0 Å². The Balaban J connectivity index is 0.000000360. The maximum atomic E-state index is 11.7. The molecule has 0 saturated carbocycles. The van der Waals surface area contributed by atoms with Gasteiger partial charge in [0.25, 0.3) is 0 Å². The molecule has 0 atom stereocenters. The van der Waals surface area contributed by atoms with Crippen molar-refractivity contribution in [3.8, 4) is 0 Å². The second kappa shape index (κ2) is 9.96. The standard InChI is InChI=1S/C17H19N5O2S.C2HF3O2/c1-24-16(23)13-10-19-17-20-15(3-7-22(13)17)18-5-8-21-6-2-14-12(11-21)4-9-25-14;3-2(4,5)1(6)7/h3-4,7,9-10H,2,5-6,8,11H2,1H3,(H,18,19,20);(H,6,7). The Bertz CT molecular complexity index is 1100. The van der Waals surface area contributed by atoms with E-state index in [0.29, 0.717) is 11.5 Å². The molecule has 4 rings (SSSR count). The number of fused-ring (bicyclic) bond motifs is 2. The van der Waals surface area contributed by atoms with Crippen LogP contribution in [0.3, 0.4) is 0 Å². The van der Waals surface area contributed by atoms with Gasteiger partial charge < -0.3 is 15.2 Å². The second-order valence-corrected chi connectivity index (χ2v) is 7.74. The predicted octanol–water partition coefficient (Wildman–Crippen LogP) is 2.68. The van der Waals surface area contributed by atoms with Crippen molar-refractivity contribution in [1.82, 2.24) is 19.3 Å². The number of nitrogens with zero attached hydrogens (tertiary/aromatic N) is 4. The number of hydrogen-bond acceptors (Lipinski definition) is 8. The van der Waals surface area contributed by atoms with Crippen molar-refractivity contribution in [1.29, 1.82) is 0 Å². The van der Waals surface area contributed by atoms with Crippen molar-refractivity contribution in [2.24, 2.45) is 0 Å². The van der Waals surface area contributed by atoms with Crippen molar-refractivity contribution >= 4 is 34.9 Å². The van der Waals surface area contributed by atoms with Gasteiger partial charge in [-0.1, -0.05) is 0 Å². The van der Waals surface area contributed by atoms with Crippen LogP contribution < -0.4 is 5.32 Å². The van der Waals surface area contributed by atoms with E-state index in [2.05, 4.69) is 31.6 Å². The fraction of sp³-hybridized carbons (Fsp3) is 0.368. The van der Waals surface area contributed by atoms with Crippen LogP contribution in [0.4, 0.5) is 19.0 Å². The number of nitrogens with one attached hydrogen (secondary N) is 1. The molecule has 3 aromatic rings. The number of aliphatic carboxylic acids is 1. The van der Waals surface area contributed by atoms with Crippen LogP contribution >= 0.6 is 11.3 Å². The topological polar surface area (TPSA) is 109 Å². The number of thiophene rings is 1. The molecule has 1 aliphatic heterocycles. The molecule has 3 aromatic heterocycles. The molecule has 2 N–H and O–H groups in total. The zero-order chi connectivity index (χ0) is 23.3. The van der Waals surface area contributed by atoms with Crippen molar-refractivity contribution in [3.05, 3.63) is 46.0 Å². The van der Waals surface area contributed by atoms with E-state index in [1.807, 2.05) is 17.4 Å². The number of methoxy groups -OCH3 is 1. The maximum Gasteiger partial charge on any atom is 0.490 e. The zero-order valence-electron chi connectivity index (χ0n) is 16.9. The zero-order valence-corrected chi connectivity index (χ0v) is 17.7. The molecule has 0 aliphatic carbocycles. The van der Waals surface area contributed by atoms with Gasteiger partial charge >= 0.3 is 18.1 Å². The number of halogens is 3. The highest BCUT2D eigenvalue weighted by Crippen LogP contribution is 2.23. The number of carbonyl (C=O) groups is 2. The lowest BCUT2D eigenvalue weighted by atomic mass is 10.1. The minimum atomic E-state index is -5.08. The Morgan fingerprint density at radius 1 is 1.34 bits per heavy atom. The SMILES string of the molecule is COC(=O)c1cnc2nc(NCCN3CCc4sccc4C3)ccn12.O=C(O)C(F)(F)F. The molecule has 0 fully saturated rings. The van der Waals surface area contributed by atoms with Gasteiger partial charge in [-0.15, -0.1) is 11.3 Å². The highest BCUT2D eigenvalue weighted by Gasteiger charge is 2.38. The monoisotopic (exact) mass is 471 g/mol. The summed E-state index contributed by atoms with van der Waals surface area (Å²) in [6, 6.07) is 4.07. The first-order valence-electron chi connectivity index (χ1n) is 9.43. The summed E-state index contributed by atoms with van der Waals surface area (Å²) in [5.41, 5.74) is 1.83. The van der Waals surface area contributed by atoms with Gasteiger partial charge in [0, 0.05) is 37.3 Å². The molecule has 0 saturated heterocycles. The number of carboxylic acid groups (broad SMARTS) is 1. The number of carboxylic acids is 1. The van der Waals surface area contributed by atoms with Crippen LogP contribution in [0.15, 0.2) is 29.9 Å². The average Bonchev–Trinajstić information content (AvgIpc) is 3.39. The number of alkyl halides is 3. The Kier molecular flexibility index (Phi) is 7.30. The number of carbonyl (C=O) groups excluding carboxylic acids is 1. The summed E-state index contributed by atoms with van der Waals surface area (Å²) >= 11 is 1.86. The third-order valence-corrected chi connectivity index (χ3v) is 5.66. The molecule has 1 aliphatic rings. The molecule has 0 unspecified atom stereocenters. The van der Waals surface area contributed by atoms with E-state index in [9.17, 15) is 18.0 Å². The molecular weight excluding hydrogens is 451 g/mol. The van der Waals surface area contributed by atoms with Crippen molar-refractivity contribution < 1.29 is 32.6 Å². The third kappa shape index (κ3) is 5.73. The Morgan fingerprint density at radius 2 is 2.09 bits per heavy atom. The largest absolute Gasteiger partial charge is 0.490 e. The van der Waals surface area contributed by atoms with Gasteiger partial charge in [0.15, 0.2) is 5.69 Å². The highest BCUT2D eigenvalue weighted by atomic mass is 32.1. The number of hydrogen-bond donors (Lipinski definition) is 2. The van der Waals surface area contributed by atoms with E-state index < -0.39 is 18.1 Å². The quantitative estimate of drug-likeness (QED) is 0.547. The summed E-state index contributed by atoms with van der Waals surface area (Å²) in [7, 11) is 1.35. The van der Waals surface area contributed by atoms with Gasteiger partial charge in [-0.2, -0.15) is 18.2 Å². The van der Waals surface area contributed by atoms with E-state index >= 15 is 0 Å². The molecule has 0 bridgehead atoms. The summed E-state index contributed by atoms with van der Waals surface area (Å²) in [5, 5.41) is 12.6. The molecule has 9 nitrogen and oxygen atoms in total. The average molecular weight is 471 g/mol. The molecule has 0 amide bonds. The lowest BCUT2D eigenvalue weighted by Crippen LogP contribution is -2.33. The molecule has 0 spiro atoms. The fourth-order valence-corrected chi connectivity index (χ4v) is 3.95. The van der Waals surface area contributed by atoms with Crippen LogP contribution in [0, 0.1) is 0 Å². The van der Waals surface area contributed by atoms with E-state index in [4.69, 9.17) is 14.6 Å². The van der Waals surface area contributed by atoms with Gasteiger partial charge in [-0.05, 0) is 29.5 Å². The first-order valence-corrected chi connectivity index (χ1v) is 10.3. The minimum Gasteiger partial charge on any atom is -0.475 e. The lowest BCUT2D eigenvalue weighted by Gasteiger charge is -2.26. The Hall–Kier alpha value is -3.19. The van der Waals surface area contributed by atoms with E-state index in [1.165, 1.54) is 23.7 Å². The van der Waals surface area contributed by atoms with E-state index in [1.54, 1.807) is 10.6 Å². The van der Waals surface area contributed by atoms with Gasteiger partial charge in [0.05, 0.1) is 13.3 Å². The number of aromatic nitrogens is 3. The summed E-state index contributed by atoms with van der Waals surface area (Å²) < 4.78 is 38.1. The normalized spacial score (nSPS) is 13.8. The van der Waals surface area contributed by atoms with Gasteiger partial charge in [-0.25, -0.2) is 14.6 Å². The molecule has 0 radical (unpaired) electrons. The van der Waals surface area contributed by atoms with E-state index in [0.717, 1.165) is 38.4 Å². The van der Waals surface area contributed by atoms with Crippen LogP contribution in [0.1, 0.15) is 20.9 Å². The molecule has 172 valence electrons. The maximum absolute atomic E-state index is 11.7. The highest BCUT2D eigenvalue weighted by molar-refractivity contribution is 7.10. The predicted molar refractivity (Wildman–Crippen MR) is 110 cm³/mol. The molecule has 13 heteroatoms. The Labute approximate surface area is 184 Å². The van der Waals surface area contributed by atoms with Crippen LogP contribution in [-0.4, -0.2) is 69.2 Å². The van der Waals surface area contributed by atoms with E-state index in [-0.39, 0.29) is 0 Å².